The van der Waals surface area contributed by atoms with E-state index in [2.05, 4.69) is 30.9 Å². The van der Waals surface area contributed by atoms with Crippen molar-refractivity contribution >= 4 is 5.91 Å². The lowest BCUT2D eigenvalue weighted by Gasteiger charge is -2.28. The average Bonchev–Trinajstić information content (AvgIpc) is 3.21. The number of aryl methyl sites for hydroxylation is 2. The van der Waals surface area contributed by atoms with Gasteiger partial charge in [0.05, 0.1) is 18.8 Å². The average molecular weight is 351 g/mol. The number of carbonyl (C=O) groups is 1. The van der Waals surface area contributed by atoms with Crippen molar-refractivity contribution in [1.82, 2.24) is 19.6 Å². The highest BCUT2D eigenvalue weighted by Gasteiger charge is 2.24. The number of nitrogens with zero attached hydrogens (tertiary/aromatic N) is 4. The number of rotatable bonds is 9. The lowest BCUT2D eigenvalue weighted by molar-refractivity contribution is -0.133. The molecule has 6 nitrogen and oxygen atoms in total. The highest BCUT2D eigenvalue weighted by atomic mass is 16.5. The van der Waals surface area contributed by atoms with Gasteiger partial charge in [0, 0.05) is 44.0 Å². The summed E-state index contributed by atoms with van der Waals surface area (Å²) in [5, 5.41) is 4.58. The summed E-state index contributed by atoms with van der Waals surface area (Å²) in [6, 6.07) is 0.555. The first-order valence-electron chi connectivity index (χ1n) is 9.47. The molecule has 25 heavy (non-hydrogen) atoms. The zero-order valence-electron chi connectivity index (χ0n) is 16.5. The summed E-state index contributed by atoms with van der Waals surface area (Å²) >= 11 is 0. The Labute approximate surface area is 152 Å². The van der Waals surface area contributed by atoms with Gasteiger partial charge < -0.3 is 9.64 Å². The van der Waals surface area contributed by atoms with E-state index in [1.165, 1.54) is 25.7 Å². The number of amides is 1. The van der Waals surface area contributed by atoms with Gasteiger partial charge in [-0.3, -0.25) is 14.4 Å². The molecule has 1 aromatic heterocycles. The van der Waals surface area contributed by atoms with Crippen molar-refractivity contribution in [3.63, 3.8) is 0 Å². The Morgan fingerprint density at radius 1 is 1.32 bits per heavy atom. The normalized spacial score (nSPS) is 15.3. The topological polar surface area (TPSA) is 50.6 Å². The number of carbonyl (C=O) groups excluding carboxylic acids is 1. The standard InChI is InChI=1S/C19H34N4O2/c1-6-23-16(3)18(15(2)20-23)13-22(11-12-25-5)19(24)14-21(4)17-9-7-8-10-17/h17H,6-14H2,1-5H3. The van der Waals surface area contributed by atoms with Crippen LogP contribution in [0.1, 0.15) is 49.6 Å². The Morgan fingerprint density at radius 3 is 2.56 bits per heavy atom. The van der Waals surface area contributed by atoms with Gasteiger partial charge in [-0.2, -0.15) is 5.10 Å². The second-order valence-corrected chi connectivity index (χ2v) is 7.13. The molecule has 1 aliphatic carbocycles. The van der Waals surface area contributed by atoms with Crippen LogP contribution in [0, 0.1) is 13.8 Å². The van der Waals surface area contributed by atoms with Gasteiger partial charge in [-0.1, -0.05) is 12.8 Å². The van der Waals surface area contributed by atoms with Crippen molar-refractivity contribution in [2.75, 3.05) is 33.9 Å². The van der Waals surface area contributed by atoms with Gasteiger partial charge in [0.1, 0.15) is 0 Å². The van der Waals surface area contributed by atoms with Crippen LogP contribution in [-0.4, -0.2) is 65.4 Å². The van der Waals surface area contributed by atoms with Gasteiger partial charge in [-0.05, 0) is 40.7 Å². The molecule has 0 aliphatic heterocycles. The van der Waals surface area contributed by atoms with Crippen LogP contribution in [0.5, 0.6) is 0 Å². The van der Waals surface area contributed by atoms with Gasteiger partial charge in [-0.25, -0.2) is 0 Å². The second kappa shape index (κ2) is 9.34. The fourth-order valence-corrected chi connectivity index (χ4v) is 3.74. The minimum Gasteiger partial charge on any atom is -0.383 e. The molecule has 0 radical (unpaired) electrons. The highest BCUT2D eigenvalue weighted by molar-refractivity contribution is 5.78. The van der Waals surface area contributed by atoms with E-state index in [1.807, 2.05) is 16.5 Å². The molecule has 6 heteroatoms. The van der Waals surface area contributed by atoms with Crippen LogP contribution in [0.3, 0.4) is 0 Å². The molecule has 1 aliphatic rings. The molecule has 0 spiro atoms. The number of ether oxygens (including phenoxy) is 1. The fourth-order valence-electron chi connectivity index (χ4n) is 3.74. The van der Waals surface area contributed by atoms with Crippen molar-refractivity contribution in [1.29, 1.82) is 0 Å². The second-order valence-electron chi connectivity index (χ2n) is 7.13. The zero-order chi connectivity index (χ0) is 18.4. The number of methoxy groups -OCH3 is 1. The van der Waals surface area contributed by atoms with Gasteiger partial charge in [0.25, 0.3) is 0 Å². The predicted molar refractivity (Wildman–Crippen MR) is 99.6 cm³/mol. The van der Waals surface area contributed by atoms with Gasteiger partial charge >= 0.3 is 0 Å². The number of likely N-dealkylation sites (N-methyl/N-ethyl adjacent to an activating group) is 1. The Hall–Kier alpha value is -1.40. The van der Waals surface area contributed by atoms with Gasteiger partial charge in [0.15, 0.2) is 0 Å². The molecule has 0 aromatic carbocycles. The molecule has 2 rings (SSSR count). The van der Waals surface area contributed by atoms with Crippen LogP contribution in [0.4, 0.5) is 0 Å². The predicted octanol–water partition coefficient (Wildman–Crippen LogP) is 2.37. The Morgan fingerprint density at radius 2 is 2.00 bits per heavy atom. The Kier molecular flexibility index (Phi) is 7.44. The number of hydrogen-bond donors (Lipinski definition) is 0. The molecule has 0 N–H and O–H groups in total. The molecule has 0 bridgehead atoms. The molecule has 1 fully saturated rings. The van der Waals surface area contributed by atoms with Crippen LogP contribution >= 0.6 is 0 Å². The van der Waals surface area contributed by atoms with E-state index < -0.39 is 0 Å². The summed E-state index contributed by atoms with van der Waals surface area (Å²) < 4.78 is 7.23. The molecule has 1 amide bonds. The first kappa shape index (κ1) is 19.9. The van der Waals surface area contributed by atoms with Crippen molar-refractivity contribution in [3.8, 4) is 0 Å². The van der Waals surface area contributed by atoms with Crippen molar-refractivity contribution in [2.45, 2.75) is 65.6 Å². The summed E-state index contributed by atoms with van der Waals surface area (Å²) in [4.78, 5) is 17.1. The fraction of sp³-hybridized carbons (Fsp3) is 0.789. The van der Waals surface area contributed by atoms with Crippen LogP contribution in [0.15, 0.2) is 0 Å². The van der Waals surface area contributed by atoms with E-state index in [0.717, 1.165) is 23.5 Å². The molecule has 1 aromatic rings. The Balaban J connectivity index is 2.06. The monoisotopic (exact) mass is 350 g/mol. The van der Waals surface area contributed by atoms with Crippen LogP contribution in [-0.2, 0) is 22.6 Å². The minimum absolute atomic E-state index is 0.175. The van der Waals surface area contributed by atoms with Gasteiger partial charge in [0.2, 0.25) is 5.91 Å². The van der Waals surface area contributed by atoms with E-state index in [1.54, 1.807) is 7.11 Å². The summed E-state index contributed by atoms with van der Waals surface area (Å²) in [5.41, 5.74) is 3.33. The first-order chi connectivity index (χ1) is 12.0. The highest BCUT2D eigenvalue weighted by Crippen LogP contribution is 2.22. The molecule has 0 unspecified atom stereocenters. The van der Waals surface area contributed by atoms with E-state index in [4.69, 9.17) is 4.74 Å². The molecule has 0 atom stereocenters. The van der Waals surface area contributed by atoms with Crippen molar-refractivity contribution < 1.29 is 9.53 Å². The third kappa shape index (κ3) is 5.05. The maximum atomic E-state index is 12.9. The maximum Gasteiger partial charge on any atom is 0.237 e. The molecule has 1 saturated carbocycles. The third-order valence-electron chi connectivity index (χ3n) is 5.43. The lowest BCUT2D eigenvalue weighted by atomic mass is 10.1. The third-order valence-corrected chi connectivity index (χ3v) is 5.43. The van der Waals surface area contributed by atoms with E-state index >= 15 is 0 Å². The largest absolute Gasteiger partial charge is 0.383 e. The van der Waals surface area contributed by atoms with Crippen molar-refractivity contribution in [2.24, 2.45) is 0 Å². The summed E-state index contributed by atoms with van der Waals surface area (Å²) in [7, 11) is 3.76. The first-order valence-corrected chi connectivity index (χ1v) is 9.47. The van der Waals surface area contributed by atoms with Gasteiger partial charge in [-0.15, -0.1) is 0 Å². The summed E-state index contributed by atoms with van der Waals surface area (Å²) in [6.45, 7) is 9.31. The molecular formula is C19H34N4O2. The number of aromatic nitrogens is 2. The Bertz CT molecular complexity index is 564. The van der Waals surface area contributed by atoms with Crippen LogP contribution in [0.2, 0.25) is 0 Å². The van der Waals surface area contributed by atoms with E-state index in [9.17, 15) is 4.79 Å². The smallest absolute Gasteiger partial charge is 0.237 e. The molecular weight excluding hydrogens is 316 g/mol. The quantitative estimate of drug-likeness (QED) is 0.686. The van der Waals surface area contributed by atoms with Crippen molar-refractivity contribution in [3.05, 3.63) is 17.0 Å². The molecule has 0 saturated heterocycles. The van der Waals surface area contributed by atoms with E-state index in [-0.39, 0.29) is 5.91 Å². The SMILES string of the molecule is CCn1nc(C)c(CN(CCOC)C(=O)CN(C)C2CCCC2)c1C. The van der Waals surface area contributed by atoms with E-state index in [0.29, 0.717) is 32.3 Å². The molecule has 1 heterocycles. The maximum absolute atomic E-state index is 12.9. The molecule has 142 valence electrons. The van der Waals surface area contributed by atoms with Crippen LogP contribution < -0.4 is 0 Å². The summed E-state index contributed by atoms with van der Waals surface area (Å²) in [6.07, 6.45) is 4.99. The summed E-state index contributed by atoms with van der Waals surface area (Å²) in [5.74, 6) is 0.175. The zero-order valence-corrected chi connectivity index (χ0v) is 16.5. The van der Waals surface area contributed by atoms with Crippen LogP contribution in [0.25, 0.3) is 0 Å². The minimum atomic E-state index is 0.175. The lowest BCUT2D eigenvalue weighted by Crippen LogP contribution is -2.43. The number of hydrogen-bond acceptors (Lipinski definition) is 4.